The van der Waals surface area contributed by atoms with Gasteiger partial charge in [-0.05, 0) is 12.8 Å². The lowest BCUT2D eigenvalue weighted by atomic mass is 10.3. The monoisotopic (exact) mass is 182 g/mol. The SMILES string of the molecule is CCCCN(CCC)c1[c]nno1. The van der Waals surface area contributed by atoms with E-state index in [4.69, 9.17) is 4.52 Å². The number of rotatable bonds is 6. The summed E-state index contributed by atoms with van der Waals surface area (Å²) in [6.45, 7) is 6.29. The van der Waals surface area contributed by atoms with Gasteiger partial charge in [-0.15, -0.1) is 5.10 Å². The first-order valence-corrected chi connectivity index (χ1v) is 4.83. The van der Waals surface area contributed by atoms with Crippen LogP contribution in [0.25, 0.3) is 0 Å². The first-order valence-electron chi connectivity index (χ1n) is 4.83. The Bertz CT molecular complexity index is 211. The standard InChI is InChI=1S/C9H16N3O/c1-3-5-7-12(6-4-2)9-8-10-11-13-9/h3-7H2,1-2H3. The molecule has 0 aliphatic rings. The molecule has 1 rings (SSSR count). The highest BCUT2D eigenvalue weighted by molar-refractivity contribution is 5.28. The Balaban J connectivity index is 2.47. The van der Waals surface area contributed by atoms with Gasteiger partial charge in [-0.1, -0.05) is 20.3 Å². The van der Waals surface area contributed by atoms with Gasteiger partial charge in [0.1, 0.15) is 0 Å². The molecule has 0 unspecified atom stereocenters. The van der Waals surface area contributed by atoms with Crippen LogP contribution >= 0.6 is 0 Å². The predicted octanol–water partition coefficient (Wildman–Crippen LogP) is 1.89. The van der Waals surface area contributed by atoms with Crippen molar-refractivity contribution in [2.24, 2.45) is 0 Å². The lowest BCUT2D eigenvalue weighted by molar-refractivity contribution is 0.389. The lowest BCUT2D eigenvalue weighted by Crippen LogP contribution is -2.24. The molecule has 1 aromatic heterocycles. The van der Waals surface area contributed by atoms with E-state index in [0.717, 1.165) is 25.9 Å². The molecule has 13 heavy (non-hydrogen) atoms. The zero-order valence-corrected chi connectivity index (χ0v) is 8.29. The van der Waals surface area contributed by atoms with Crippen molar-refractivity contribution in [3.8, 4) is 0 Å². The number of anilines is 1. The maximum absolute atomic E-state index is 4.95. The van der Waals surface area contributed by atoms with E-state index in [1.54, 1.807) is 0 Å². The minimum Gasteiger partial charge on any atom is -0.339 e. The molecule has 1 radical (unpaired) electrons. The zero-order valence-electron chi connectivity index (χ0n) is 8.29. The van der Waals surface area contributed by atoms with Crippen LogP contribution in [-0.2, 0) is 0 Å². The molecule has 4 heteroatoms. The molecule has 1 aromatic rings. The van der Waals surface area contributed by atoms with Gasteiger partial charge in [0.05, 0.1) is 0 Å². The van der Waals surface area contributed by atoms with Gasteiger partial charge >= 0.3 is 0 Å². The highest BCUT2D eigenvalue weighted by Gasteiger charge is 2.09. The molecule has 4 nitrogen and oxygen atoms in total. The van der Waals surface area contributed by atoms with Crippen molar-refractivity contribution in [1.82, 2.24) is 10.4 Å². The van der Waals surface area contributed by atoms with Crippen LogP contribution in [0.4, 0.5) is 5.88 Å². The van der Waals surface area contributed by atoms with Gasteiger partial charge in [0.2, 0.25) is 0 Å². The van der Waals surface area contributed by atoms with Gasteiger partial charge in [-0.2, -0.15) is 0 Å². The summed E-state index contributed by atoms with van der Waals surface area (Å²) in [5, 5.41) is 6.96. The second-order valence-corrected chi connectivity index (χ2v) is 3.03. The molecule has 0 bridgehead atoms. The summed E-state index contributed by atoms with van der Waals surface area (Å²) in [4.78, 5) is 2.13. The first kappa shape index (κ1) is 10.0. The summed E-state index contributed by atoms with van der Waals surface area (Å²) in [5.74, 6) is 0.662. The van der Waals surface area contributed by atoms with Gasteiger partial charge in [0.25, 0.3) is 5.88 Å². The fourth-order valence-electron chi connectivity index (χ4n) is 1.20. The van der Waals surface area contributed by atoms with Crippen LogP contribution in [0.15, 0.2) is 4.52 Å². The van der Waals surface area contributed by atoms with Crippen molar-refractivity contribution in [3.05, 3.63) is 6.20 Å². The summed E-state index contributed by atoms with van der Waals surface area (Å²) >= 11 is 0. The predicted molar refractivity (Wildman–Crippen MR) is 50.5 cm³/mol. The quantitative estimate of drug-likeness (QED) is 0.673. The van der Waals surface area contributed by atoms with Crippen LogP contribution in [0.3, 0.4) is 0 Å². The average Bonchev–Trinajstić information content (AvgIpc) is 2.65. The van der Waals surface area contributed by atoms with Crippen molar-refractivity contribution >= 4 is 5.88 Å². The number of unbranched alkanes of at least 4 members (excludes halogenated alkanes) is 1. The average molecular weight is 182 g/mol. The molecular weight excluding hydrogens is 166 g/mol. The number of hydrogen-bond donors (Lipinski definition) is 0. The van der Waals surface area contributed by atoms with E-state index in [2.05, 4.69) is 35.3 Å². The molecule has 0 atom stereocenters. The van der Waals surface area contributed by atoms with Gasteiger partial charge in [0, 0.05) is 18.4 Å². The molecule has 0 aromatic carbocycles. The van der Waals surface area contributed by atoms with Crippen LogP contribution in [0, 0.1) is 6.20 Å². The fourth-order valence-corrected chi connectivity index (χ4v) is 1.20. The Morgan fingerprint density at radius 3 is 2.69 bits per heavy atom. The summed E-state index contributed by atoms with van der Waals surface area (Å²) < 4.78 is 4.95. The molecule has 0 amide bonds. The maximum atomic E-state index is 4.95. The Morgan fingerprint density at radius 2 is 2.15 bits per heavy atom. The molecule has 0 fully saturated rings. The van der Waals surface area contributed by atoms with E-state index in [-0.39, 0.29) is 0 Å². The minimum atomic E-state index is 0.662. The molecule has 0 aliphatic carbocycles. The van der Waals surface area contributed by atoms with Crippen LogP contribution in [-0.4, -0.2) is 23.5 Å². The topological polar surface area (TPSA) is 42.2 Å². The lowest BCUT2D eigenvalue weighted by Gasteiger charge is -2.18. The molecule has 0 N–H and O–H groups in total. The summed E-state index contributed by atoms with van der Waals surface area (Å²) in [5.41, 5.74) is 0. The third kappa shape index (κ3) is 3.05. The van der Waals surface area contributed by atoms with E-state index in [0.29, 0.717) is 5.88 Å². The Kier molecular flexibility index (Phi) is 4.29. The normalized spacial score (nSPS) is 10.3. The van der Waals surface area contributed by atoms with Crippen LogP contribution < -0.4 is 4.90 Å². The molecule has 0 saturated carbocycles. The highest BCUT2D eigenvalue weighted by atomic mass is 16.5. The first-order chi connectivity index (χ1) is 6.38. The van der Waals surface area contributed by atoms with E-state index in [1.165, 1.54) is 6.42 Å². The zero-order chi connectivity index (χ0) is 9.52. The minimum absolute atomic E-state index is 0.662. The van der Waals surface area contributed by atoms with E-state index in [1.807, 2.05) is 0 Å². The van der Waals surface area contributed by atoms with Crippen LogP contribution in [0.1, 0.15) is 33.1 Å². The molecule has 0 aliphatic heterocycles. The summed E-state index contributed by atoms with van der Waals surface area (Å²) in [6, 6.07) is 0. The highest BCUT2D eigenvalue weighted by Crippen LogP contribution is 2.11. The molecule has 1 heterocycles. The Labute approximate surface area is 78.9 Å². The second-order valence-electron chi connectivity index (χ2n) is 3.03. The van der Waals surface area contributed by atoms with Gasteiger partial charge in [-0.3, -0.25) is 0 Å². The Hall–Kier alpha value is -1.06. The van der Waals surface area contributed by atoms with Gasteiger partial charge < -0.3 is 9.42 Å². The van der Waals surface area contributed by atoms with E-state index < -0.39 is 0 Å². The van der Waals surface area contributed by atoms with Crippen molar-refractivity contribution < 1.29 is 4.52 Å². The van der Waals surface area contributed by atoms with Crippen molar-refractivity contribution in [1.29, 1.82) is 0 Å². The fraction of sp³-hybridized carbons (Fsp3) is 0.778. The molecule has 0 spiro atoms. The molecular formula is C9H16N3O. The number of nitrogens with zero attached hydrogens (tertiary/aromatic N) is 3. The van der Waals surface area contributed by atoms with E-state index in [9.17, 15) is 0 Å². The van der Waals surface area contributed by atoms with Gasteiger partial charge in [-0.25, -0.2) is 0 Å². The van der Waals surface area contributed by atoms with E-state index >= 15 is 0 Å². The Morgan fingerprint density at radius 1 is 1.31 bits per heavy atom. The number of aromatic nitrogens is 2. The third-order valence-corrected chi connectivity index (χ3v) is 1.88. The molecule has 0 saturated heterocycles. The summed E-state index contributed by atoms with van der Waals surface area (Å²) in [6.07, 6.45) is 6.17. The second kappa shape index (κ2) is 5.56. The van der Waals surface area contributed by atoms with Crippen molar-refractivity contribution in [2.75, 3.05) is 18.0 Å². The van der Waals surface area contributed by atoms with Gasteiger partial charge in [0.15, 0.2) is 6.20 Å². The number of hydrogen-bond acceptors (Lipinski definition) is 4. The largest absolute Gasteiger partial charge is 0.339 e. The summed E-state index contributed by atoms with van der Waals surface area (Å²) in [7, 11) is 0. The van der Waals surface area contributed by atoms with Crippen LogP contribution in [0.2, 0.25) is 0 Å². The molecule has 73 valence electrons. The van der Waals surface area contributed by atoms with Crippen molar-refractivity contribution in [2.45, 2.75) is 33.1 Å². The third-order valence-electron chi connectivity index (χ3n) is 1.88. The van der Waals surface area contributed by atoms with Crippen molar-refractivity contribution in [3.63, 3.8) is 0 Å². The van der Waals surface area contributed by atoms with Crippen LogP contribution in [0.5, 0.6) is 0 Å². The smallest absolute Gasteiger partial charge is 0.258 e. The maximum Gasteiger partial charge on any atom is 0.258 e.